The number of para-hydroxylation sites is 2. The molecule has 1 fully saturated rings. The van der Waals surface area contributed by atoms with Crippen LogP contribution in [0.3, 0.4) is 0 Å². The van der Waals surface area contributed by atoms with E-state index in [0.717, 1.165) is 17.7 Å². The average molecular weight is 423 g/mol. The fourth-order valence-electron chi connectivity index (χ4n) is 3.25. The molecule has 0 aromatic heterocycles. The molecule has 1 aliphatic rings. The largest absolute Gasteiger partial charge is 0.492 e. The molecule has 0 saturated carbocycles. The molecule has 1 heterocycles. The van der Waals surface area contributed by atoms with Gasteiger partial charge in [0.2, 0.25) is 0 Å². The highest BCUT2D eigenvalue weighted by Gasteiger charge is 2.25. The van der Waals surface area contributed by atoms with Crippen molar-refractivity contribution in [3.63, 3.8) is 0 Å². The molecule has 0 bridgehead atoms. The highest BCUT2D eigenvalue weighted by molar-refractivity contribution is 7.90. The maximum absolute atomic E-state index is 12.8. The van der Waals surface area contributed by atoms with E-state index in [1.165, 1.54) is 12.1 Å². The van der Waals surface area contributed by atoms with Gasteiger partial charge in [0, 0.05) is 38.0 Å². The molecule has 0 spiro atoms. The minimum Gasteiger partial charge on any atom is -0.492 e. The first kappa shape index (κ1) is 20.5. The van der Waals surface area contributed by atoms with Gasteiger partial charge in [-0.2, -0.15) is 0 Å². The summed E-state index contributed by atoms with van der Waals surface area (Å²) in [6, 6.07) is 12.2. The molecule has 1 aliphatic heterocycles. The van der Waals surface area contributed by atoms with Crippen molar-refractivity contribution >= 4 is 33.0 Å². The van der Waals surface area contributed by atoms with Gasteiger partial charge in [-0.05, 0) is 37.3 Å². The molecule has 28 heavy (non-hydrogen) atoms. The Morgan fingerprint density at radius 3 is 2.43 bits per heavy atom. The number of amides is 1. The molecule has 0 N–H and O–H groups in total. The summed E-state index contributed by atoms with van der Waals surface area (Å²) >= 11 is 5.98. The second-order valence-corrected chi connectivity index (χ2v) is 8.99. The lowest BCUT2D eigenvalue weighted by molar-refractivity contribution is 0.0746. The van der Waals surface area contributed by atoms with Crippen LogP contribution in [-0.4, -0.2) is 58.3 Å². The summed E-state index contributed by atoms with van der Waals surface area (Å²) in [5.41, 5.74) is 1.34. The topological polar surface area (TPSA) is 66.9 Å². The number of carbonyl (C=O) groups is 1. The molecule has 2 aromatic rings. The zero-order valence-electron chi connectivity index (χ0n) is 15.9. The summed E-state index contributed by atoms with van der Waals surface area (Å²) in [6.45, 7) is 4.95. The first-order valence-corrected chi connectivity index (χ1v) is 11.3. The van der Waals surface area contributed by atoms with Crippen molar-refractivity contribution in [1.29, 1.82) is 0 Å². The van der Waals surface area contributed by atoms with Crippen LogP contribution in [0, 0.1) is 0 Å². The van der Waals surface area contributed by atoms with E-state index in [0.29, 0.717) is 38.3 Å². The Morgan fingerprint density at radius 1 is 1.11 bits per heavy atom. The third-order valence-electron chi connectivity index (χ3n) is 4.65. The fourth-order valence-corrected chi connectivity index (χ4v) is 4.55. The van der Waals surface area contributed by atoms with Gasteiger partial charge in [0.05, 0.1) is 22.2 Å². The van der Waals surface area contributed by atoms with Gasteiger partial charge in [-0.25, -0.2) is 8.42 Å². The summed E-state index contributed by atoms with van der Waals surface area (Å²) in [5, 5.41) is 0.122. The van der Waals surface area contributed by atoms with Crippen molar-refractivity contribution in [1.82, 2.24) is 4.90 Å². The molecule has 8 heteroatoms. The van der Waals surface area contributed by atoms with Gasteiger partial charge in [0.25, 0.3) is 5.91 Å². The number of rotatable bonds is 5. The number of sulfone groups is 1. The van der Waals surface area contributed by atoms with Crippen LogP contribution >= 0.6 is 11.6 Å². The molecule has 0 radical (unpaired) electrons. The second-order valence-electron chi connectivity index (χ2n) is 6.60. The van der Waals surface area contributed by atoms with Crippen LogP contribution in [0.15, 0.2) is 47.4 Å². The number of carbonyl (C=O) groups excluding carboxylic acids is 1. The lowest BCUT2D eigenvalue weighted by Gasteiger charge is -2.36. The Kier molecular flexibility index (Phi) is 6.15. The van der Waals surface area contributed by atoms with E-state index >= 15 is 0 Å². The number of piperazine rings is 1. The summed E-state index contributed by atoms with van der Waals surface area (Å²) < 4.78 is 29.4. The van der Waals surface area contributed by atoms with E-state index < -0.39 is 9.84 Å². The predicted octanol–water partition coefficient (Wildman–Crippen LogP) is 3.10. The highest BCUT2D eigenvalue weighted by Crippen LogP contribution is 2.29. The molecule has 2 aromatic carbocycles. The molecule has 1 amide bonds. The third kappa shape index (κ3) is 4.42. The van der Waals surface area contributed by atoms with Crippen LogP contribution in [0.1, 0.15) is 17.3 Å². The molecule has 1 saturated heterocycles. The van der Waals surface area contributed by atoms with Gasteiger partial charge < -0.3 is 14.5 Å². The van der Waals surface area contributed by atoms with Gasteiger partial charge in [0.1, 0.15) is 5.75 Å². The molecular formula is C20H23ClN2O4S. The van der Waals surface area contributed by atoms with Crippen molar-refractivity contribution in [2.45, 2.75) is 11.8 Å². The number of anilines is 1. The Bertz CT molecular complexity index is 970. The average Bonchev–Trinajstić information content (AvgIpc) is 2.68. The van der Waals surface area contributed by atoms with Gasteiger partial charge in [-0.3, -0.25) is 4.79 Å². The Labute approximate surface area is 170 Å². The van der Waals surface area contributed by atoms with Crippen LogP contribution in [-0.2, 0) is 9.84 Å². The summed E-state index contributed by atoms with van der Waals surface area (Å²) in [6.07, 6.45) is 1.08. The smallest absolute Gasteiger partial charge is 0.254 e. The molecule has 0 aliphatic carbocycles. The van der Waals surface area contributed by atoms with Crippen molar-refractivity contribution in [2.75, 3.05) is 43.9 Å². The van der Waals surface area contributed by atoms with Crippen LogP contribution in [0.2, 0.25) is 5.02 Å². The number of hydrogen-bond acceptors (Lipinski definition) is 5. The first-order valence-electron chi connectivity index (χ1n) is 9.07. The van der Waals surface area contributed by atoms with Crippen molar-refractivity contribution in [3.8, 4) is 5.75 Å². The van der Waals surface area contributed by atoms with Crippen LogP contribution in [0.5, 0.6) is 5.75 Å². The standard InChI is InChI=1S/C20H23ClN2O4S/c1-3-27-18-7-5-4-6-17(18)22-10-12-23(13-11-22)20(24)15-8-9-16(21)19(14-15)28(2,25)26/h4-9,14H,3,10-13H2,1-2H3. The van der Waals surface area contributed by atoms with Gasteiger partial charge >= 0.3 is 0 Å². The lowest BCUT2D eigenvalue weighted by atomic mass is 10.1. The normalized spacial score (nSPS) is 14.8. The number of benzene rings is 2. The zero-order chi connectivity index (χ0) is 20.3. The van der Waals surface area contributed by atoms with Crippen molar-refractivity contribution in [2.24, 2.45) is 0 Å². The quantitative estimate of drug-likeness (QED) is 0.740. The third-order valence-corrected chi connectivity index (χ3v) is 6.23. The molecule has 0 atom stereocenters. The summed E-state index contributed by atoms with van der Waals surface area (Å²) in [7, 11) is -3.50. The summed E-state index contributed by atoms with van der Waals surface area (Å²) in [4.78, 5) is 16.7. The maximum atomic E-state index is 12.8. The van der Waals surface area contributed by atoms with Gasteiger partial charge in [-0.1, -0.05) is 23.7 Å². The van der Waals surface area contributed by atoms with Crippen molar-refractivity contribution in [3.05, 3.63) is 53.1 Å². The second kappa shape index (κ2) is 8.41. The Hall–Kier alpha value is -2.25. The summed E-state index contributed by atoms with van der Waals surface area (Å²) in [5.74, 6) is 0.639. The fraction of sp³-hybridized carbons (Fsp3) is 0.350. The number of halogens is 1. The number of ether oxygens (including phenoxy) is 1. The molecule has 150 valence electrons. The maximum Gasteiger partial charge on any atom is 0.254 e. The van der Waals surface area contributed by atoms with Gasteiger partial charge in [-0.15, -0.1) is 0 Å². The van der Waals surface area contributed by atoms with Crippen LogP contribution in [0.25, 0.3) is 0 Å². The van der Waals surface area contributed by atoms with Crippen LogP contribution < -0.4 is 9.64 Å². The molecule has 6 nitrogen and oxygen atoms in total. The first-order chi connectivity index (χ1) is 13.3. The van der Waals surface area contributed by atoms with E-state index in [2.05, 4.69) is 4.90 Å². The molecule has 0 unspecified atom stereocenters. The molecular weight excluding hydrogens is 400 g/mol. The minimum atomic E-state index is -3.50. The van der Waals surface area contributed by atoms with Crippen LogP contribution in [0.4, 0.5) is 5.69 Å². The van der Waals surface area contributed by atoms with E-state index in [1.807, 2.05) is 31.2 Å². The van der Waals surface area contributed by atoms with E-state index in [9.17, 15) is 13.2 Å². The highest BCUT2D eigenvalue weighted by atomic mass is 35.5. The van der Waals surface area contributed by atoms with E-state index in [1.54, 1.807) is 11.0 Å². The molecule has 3 rings (SSSR count). The van der Waals surface area contributed by atoms with E-state index in [4.69, 9.17) is 16.3 Å². The predicted molar refractivity (Wildman–Crippen MR) is 110 cm³/mol. The number of nitrogens with zero attached hydrogens (tertiary/aromatic N) is 2. The Morgan fingerprint density at radius 2 is 1.79 bits per heavy atom. The SMILES string of the molecule is CCOc1ccccc1N1CCN(C(=O)c2ccc(Cl)c(S(C)(=O)=O)c2)CC1. The Balaban J connectivity index is 1.73. The monoisotopic (exact) mass is 422 g/mol. The number of hydrogen-bond donors (Lipinski definition) is 0. The zero-order valence-corrected chi connectivity index (χ0v) is 17.5. The van der Waals surface area contributed by atoms with Crippen molar-refractivity contribution < 1.29 is 17.9 Å². The van der Waals surface area contributed by atoms with Gasteiger partial charge in [0.15, 0.2) is 9.84 Å². The minimum absolute atomic E-state index is 0.0238. The lowest BCUT2D eigenvalue weighted by Crippen LogP contribution is -2.48. The van der Waals surface area contributed by atoms with E-state index in [-0.39, 0.29) is 15.8 Å².